The van der Waals surface area contributed by atoms with Gasteiger partial charge < -0.3 is 11.5 Å². The second-order valence-corrected chi connectivity index (χ2v) is 5.55. The smallest absolute Gasteiger partial charge is 0.394 e. The number of halogens is 2. The van der Waals surface area contributed by atoms with Gasteiger partial charge in [-0.15, -0.1) is 0 Å². The van der Waals surface area contributed by atoms with Crippen molar-refractivity contribution in [1.82, 2.24) is 0 Å². The first kappa shape index (κ1) is 17.5. The third-order valence-electron chi connectivity index (χ3n) is 2.33. The fourth-order valence-electron chi connectivity index (χ4n) is 1.45. The van der Waals surface area contributed by atoms with Crippen LogP contribution in [0, 0.1) is 0 Å². The van der Waals surface area contributed by atoms with E-state index in [0.717, 1.165) is 11.1 Å². The van der Waals surface area contributed by atoms with Gasteiger partial charge in [-0.3, -0.25) is 9.11 Å². The van der Waals surface area contributed by atoms with Gasteiger partial charge in [-0.25, -0.2) is 0 Å². The topological polar surface area (TPSA) is 127 Å². The predicted octanol–water partition coefficient (Wildman–Crippen LogP) is 3.17. The monoisotopic (exact) mass is 350 g/mol. The zero-order valence-corrected chi connectivity index (χ0v) is 12.8. The van der Waals surface area contributed by atoms with Crippen LogP contribution in [-0.2, 0) is 10.4 Å². The molecule has 0 bridgehead atoms. The van der Waals surface area contributed by atoms with Crippen LogP contribution >= 0.6 is 23.2 Å². The van der Waals surface area contributed by atoms with E-state index < -0.39 is 10.4 Å². The van der Waals surface area contributed by atoms with Crippen LogP contribution < -0.4 is 11.5 Å². The van der Waals surface area contributed by atoms with E-state index in [4.69, 9.17) is 52.2 Å². The summed E-state index contributed by atoms with van der Waals surface area (Å²) in [6.07, 6.45) is 0. The quantitative estimate of drug-likeness (QED) is 0.462. The summed E-state index contributed by atoms with van der Waals surface area (Å²) >= 11 is 12.1. The van der Waals surface area contributed by atoms with Gasteiger partial charge in [0.15, 0.2) is 0 Å². The fourth-order valence-corrected chi connectivity index (χ4v) is 1.90. The fraction of sp³-hybridized carbons (Fsp3) is 0. The van der Waals surface area contributed by atoms with Gasteiger partial charge in [-0.1, -0.05) is 41.4 Å². The Morgan fingerprint density at radius 2 is 1.33 bits per heavy atom. The van der Waals surface area contributed by atoms with Gasteiger partial charge in [0.2, 0.25) is 0 Å². The first-order valence-corrected chi connectivity index (χ1v) is 7.54. The molecule has 0 aliphatic heterocycles. The Hall–Kier alpha value is -1.51. The normalized spacial score (nSPS) is 10.7. The Morgan fingerprint density at radius 1 is 0.857 bits per heavy atom. The molecule has 0 atom stereocenters. The molecule has 0 aromatic heterocycles. The molecule has 0 unspecified atom stereocenters. The molecule has 21 heavy (non-hydrogen) atoms. The lowest BCUT2D eigenvalue weighted by Gasteiger charge is -2.08. The van der Waals surface area contributed by atoms with E-state index in [1.807, 2.05) is 30.3 Å². The SMILES string of the molecule is Nc1ccc(-c2ccc(N)c(Cl)c2Cl)cc1.O=S(=O)(O)O. The maximum absolute atomic E-state index is 8.74. The molecule has 0 radical (unpaired) electrons. The maximum atomic E-state index is 8.74. The molecule has 0 spiro atoms. The summed E-state index contributed by atoms with van der Waals surface area (Å²) in [4.78, 5) is 0. The molecule has 0 fully saturated rings. The van der Waals surface area contributed by atoms with Gasteiger partial charge in [-0.05, 0) is 23.8 Å². The van der Waals surface area contributed by atoms with E-state index in [1.54, 1.807) is 6.07 Å². The molecule has 0 amide bonds. The van der Waals surface area contributed by atoms with E-state index in [2.05, 4.69) is 0 Å². The molecule has 2 aromatic rings. The number of anilines is 2. The summed E-state index contributed by atoms with van der Waals surface area (Å²) in [6.45, 7) is 0. The molecule has 0 aliphatic rings. The standard InChI is InChI=1S/C12H10Cl2N2.H2O4S/c13-11-9(5-6-10(16)12(11)14)7-1-3-8(15)4-2-7;1-5(2,3)4/h1-6H,15-16H2;(H2,1,2,3,4). The minimum Gasteiger partial charge on any atom is -0.399 e. The molecule has 114 valence electrons. The number of hydrogen-bond donors (Lipinski definition) is 4. The van der Waals surface area contributed by atoms with Gasteiger partial charge in [0, 0.05) is 11.3 Å². The van der Waals surface area contributed by atoms with Crippen molar-refractivity contribution in [3.8, 4) is 11.1 Å². The lowest BCUT2D eigenvalue weighted by Crippen LogP contribution is -1.89. The lowest BCUT2D eigenvalue weighted by molar-refractivity contribution is 0.381. The number of nitrogen functional groups attached to an aromatic ring is 2. The summed E-state index contributed by atoms with van der Waals surface area (Å²) in [5, 5.41) is 0.849. The maximum Gasteiger partial charge on any atom is 0.394 e. The number of rotatable bonds is 1. The highest BCUT2D eigenvalue weighted by Gasteiger charge is 2.09. The molecule has 0 saturated heterocycles. The van der Waals surface area contributed by atoms with E-state index in [9.17, 15) is 0 Å². The largest absolute Gasteiger partial charge is 0.399 e. The summed E-state index contributed by atoms with van der Waals surface area (Å²) in [6, 6.07) is 11.0. The lowest BCUT2D eigenvalue weighted by atomic mass is 10.0. The van der Waals surface area contributed by atoms with Crippen LogP contribution in [0.3, 0.4) is 0 Å². The molecular formula is C12H12Cl2N2O4S. The molecule has 2 aromatic carbocycles. The van der Waals surface area contributed by atoms with E-state index in [-0.39, 0.29) is 0 Å². The molecule has 6 N–H and O–H groups in total. The minimum atomic E-state index is -4.67. The number of hydrogen-bond acceptors (Lipinski definition) is 4. The average Bonchev–Trinajstić information content (AvgIpc) is 2.36. The molecule has 0 saturated carbocycles. The minimum absolute atomic E-state index is 0.385. The molecule has 2 rings (SSSR count). The van der Waals surface area contributed by atoms with Crippen molar-refractivity contribution in [3.05, 3.63) is 46.4 Å². The first-order valence-electron chi connectivity index (χ1n) is 5.39. The summed E-state index contributed by atoms with van der Waals surface area (Å²) < 4.78 is 31.6. The van der Waals surface area contributed by atoms with Crippen LogP contribution in [0.15, 0.2) is 36.4 Å². The van der Waals surface area contributed by atoms with Crippen LogP contribution in [0.5, 0.6) is 0 Å². The molecular weight excluding hydrogens is 339 g/mol. The number of benzene rings is 2. The Kier molecular flexibility index (Phi) is 5.82. The van der Waals surface area contributed by atoms with Crippen molar-refractivity contribution in [3.63, 3.8) is 0 Å². The first-order chi connectivity index (χ1) is 9.59. The average molecular weight is 351 g/mol. The van der Waals surface area contributed by atoms with Gasteiger partial charge in [0.25, 0.3) is 0 Å². The van der Waals surface area contributed by atoms with Crippen LogP contribution in [0.4, 0.5) is 11.4 Å². The summed E-state index contributed by atoms with van der Waals surface area (Å²) in [7, 11) is -4.67. The molecule has 0 heterocycles. The van der Waals surface area contributed by atoms with E-state index >= 15 is 0 Å². The highest BCUT2D eigenvalue weighted by Crippen LogP contribution is 2.37. The third kappa shape index (κ3) is 5.78. The Bertz CT molecular complexity index is 726. The number of nitrogens with two attached hydrogens (primary N) is 2. The van der Waals surface area contributed by atoms with Gasteiger partial charge in [0.05, 0.1) is 15.7 Å². The van der Waals surface area contributed by atoms with Crippen molar-refractivity contribution in [2.45, 2.75) is 0 Å². The van der Waals surface area contributed by atoms with Crippen LogP contribution in [0.2, 0.25) is 10.0 Å². The highest BCUT2D eigenvalue weighted by atomic mass is 35.5. The predicted molar refractivity (Wildman–Crippen MR) is 84.9 cm³/mol. The van der Waals surface area contributed by atoms with E-state index in [0.29, 0.717) is 21.4 Å². The van der Waals surface area contributed by atoms with Gasteiger partial charge >= 0.3 is 10.4 Å². The Balaban J connectivity index is 0.000000383. The van der Waals surface area contributed by atoms with E-state index in [1.165, 1.54) is 0 Å². The van der Waals surface area contributed by atoms with Crippen molar-refractivity contribution < 1.29 is 17.5 Å². The van der Waals surface area contributed by atoms with Crippen LogP contribution in [0.25, 0.3) is 11.1 Å². The van der Waals surface area contributed by atoms with Gasteiger partial charge in [-0.2, -0.15) is 8.42 Å². The molecule has 9 heteroatoms. The van der Waals surface area contributed by atoms with Crippen LogP contribution in [-0.4, -0.2) is 17.5 Å². The van der Waals surface area contributed by atoms with Crippen LogP contribution in [0.1, 0.15) is 0 Å². The third-order valence-corrected chi connectivity index (χ3v) is 3.23. The Labute approximate surface area is 131 Å². The highest BCUT2D eigenvalue weighted by molar-refractivity contribution is 7.79. The van der Waals surface area contributed by atoms with Crippen molar-refractivity contribution in [1.29, 1.82) is 0 Å². The summed E-state index contributed by atoms with van der Waals surface area (Å²) in [5.41, 5.74) is 14.3. The van der Waals surface area contributed by atoms with Crippen molar-refractivity contribution >= 4 is 45.0 Å². The Morgan fingerprint density at radius 3 is 1.81 bits per heavy atom. The summed E-state index contributed by atoms with van der Waals surface area (Å²) in [5.74, 6) is 0. The second kappa shape index (κ2) is 6.97. The second-order valence-electron chi connectivity index (χ2n) is 3.90. The van der Waals surface area contributed by atoms with Gasteiger partial charge in [0.1, 0.15) is 0 Å². The van der Waals surface area contributed by atoms with Crippen molar-refractivity contribution in [2.24, 2.45) is 0 Å². The zero-order chi connectivity index (χ0) is 16.2. The van der Waals surface area contributed by atoms with Crippen molar-refractivity contribution in [2.75, 3.05) is 11.5 Å². The molecule has 0 aliphatic carbocycles. The zero-order valence-electron chi connectivity index (χ0n) is 10.5. The molecule has 6 nitrogen and oxygen atoms in total.